The summed E-state index contributed by atoms with van der Waals surface area (Å²) in [6.07, 6.45) is 2.14. The minimum Gasteiger partial charge on any atom is -0.423 e. The van der Waals surface area contributed by atoms with Crippen LogP contribution in [0.15, 0.2) is 23.4 Å². The van der Waals surface area contributed by atoms with Crippen LogP contribution in [0, 0.1) is 0 Å². The molecular formula is C6H8BNO4S. The molecule has 70 valence electrons. The molecule has 1 rings (SSSR count). The van der Waals surface area contributed by atoms with Gasteiger partial charge in [0.1, 0.15) is 0 Å². The maximum atomic E-state index is 10.9. The van der Waals surface area contributed by atoms with Crippen molar-refractivity contribution in [1.29, 1.82) is 0 Å². The van der Waals surface area contributed by atoms with E-state index in [9.17, 15) is 8.42 Å². The number of sulfone groups is 1. The quantitative estimate of drug-likeness (QED) is 0.549. The average molecular weight is 201 g/mol. The molecule has 0 aliphatic heterocycles. The van der Waals surface area contributed by atoms with E-state index in [0.717, 1.165) is 12.5 Å². The number of pyridine rings is 1. The third-order valence-electron chi connectivity index (χ3n) is 1.44. The lowest BCUT2D eigenvalue weighted by Crippen LogP contribution is -2.30. The summed E-state index contributed by atoms with van der Waals surface area (Å²) in [4.78, 5) is 3.56. The van der Waals surface area contributed by atoms with Crippen molar-refractivity contribution < 1.29 is 18.5 Å². The summed E-state index contributed by atoms with van der Waals surface area (Å²) in [5.74, 6) is 0. The van der Waals surface area contributed by atoms with E-state index in [1.165, 1.54) is 12.1 Å². The van der Waals surface area contributed by atoms with Crippen LogP contribution >= 0.6 is 0 Å². The Labute approximate surface area is 76.1 Å². The van der Waals surface area contributed by atoms with Crippen LogP contribution in [0.4, 0.5) is 0 Å². The first-order valence-corrected chi connectivity index (χ1v) is 5.32. The highest BCUT2D eigenvalue weighted by Gasteiger charge is 2.13. The van der Waals surface area contributed by atoms with Crippen molar-refractivity contribution in [1.82, 2.24) is 4.98 Å². The van der Waals surface area contributed by atoms with Crippen molar-refractivity contribution in [2.24, 2.45) is 0 Å². The Bertz CT molecular complexity index is 386. The second-order valence-corrected chi connectivity index (χ2v) is 4.54. The van der Waals surface area contributed by atoms with Gasteiger partial charge in [0, 0.05) is 17.9 Å². The summed E-state index contributed by atoms with van der Waals surface area (Å²) in [6, 6.07) is 2.53. The Balaban J connectivity index is 3.08. The molecule has 5 nitrogen and oxygen atoms in total. The predicted octanol–water partition coefficient (Wildman–Crippen LogP) is -1.84. The van der Waals surface area contributed by atoms with E-state index in [4.69, 9.17) is 10.0 Å². The van der Waals surface area contributed by atoms with Gasteiger partial charge in [-0.15, -0.1) is 0 Å². The molecule has 2 N–H and O–H groups in total. The van der Waals surface area contributed by atoms with Crippen LogP contribution in [0.5, 0.6) is 0 Å². The molecule has 0 amide bonds. The number of aromatic nitrogens is 1. The van der Waals surface area contributed by atoms with Gasteiger partial charge >= 0.3 is 7.12 Å². The number of rotatable bonds is 2. The standard InChI is InChI=1S/C6H8BNO4S/c1-13(11,12)6-3-2-5(4-8-6)7(9)10/h2-4,9-10H,1H3. The van der Waals surface area contributed by atoms with Crippen LogP contribution in [0.1, 0.15) is 0 Å². The number of hydrogen-bond donors (Lipinski definition) is 2. The Morgan fingerprint density at radius 3 is 2.31 bits per heavy atom. The molecule has 0 spiro atoms. The highest BCUT2D eigenvalue weighted by atomic mass is 32.2. The topological polar surface area (TPSA) is 87.5 Å². The molecular weight excluding hydrogens is 193 g/mol. The lowest BCUT2D eigenvalue weighted by molar-refractivity contribution is 0.425. The van der Waals surface area contributed by atoms with Gasteiger partial charge in [0.05, 0.1) is 0 Å². The van der Waals surface area contributed by atoms with E-state index in [1.807, 2.05) is 0 Å². The Morgan fingerprint density at radius 1 is 1.38 bits per heavy atom. The van der Waals surface area contributed by atoms with Gasteiger partial charge in [0.15, 0.2) is 14.9 Å². The van der Waals surface area contributed by atoms with E-state index < -0.39 is 17.0 Å². The molecule has 0 saturated carbocycles. The minimum atomic E-state index is -3.32. The van der Waals surface area contributed by atoms with Crippen molar-refractivity contribution in [2.75, 3.05) is 6.26 Å². The highest BCUT2D eigenvalue weighted by Crippen LogP contribution is 2.00. The van der Waals surface area contributed by atoms with Crippen molar-refractivity contribution in [3.63, 3.8) is 0 Å². The van der Waals surface area contributed by atoms with Crippen LogP contribution < -0.4 is 5.46 Å². The molecule has 0 atom stereocenters. The fourth-order valence-electron chi connectivity index (χ4n) is 0.764. The fraction of sp³-hybridized carbons (Fsp3) is 0.167. The molecule has 1 aromatic heterocycles. The van der Waals surface area contributed by atoms with Gasteiger partial charge in [-0.3, -0.25) is 0 Å². The van der Waals surface area contributed by atoms with Crippen molar-refractivity contribution in [3.8, 4) is 0 Å². The predicted molar refractivity (Wildman–Crippen MR) is 47.2 cm³/mol. The molecule has 0 bridgehead atoms. The molecule has 1 aromatic rings. The first-order valence-electron chi connectivity index (χ1n) is 3.43. The van der Waals surface area contributed by atoms with Crippen LogP contribution in [0.25, 0.3) is 0 Å². The van der Waals surface area contributed by atoms with Crippen LogP contribution in [-0.2, 0) is 9.84 Å². The molecule has 13 heavy (non-hydrogen) atoms. The van der Waals surface area contributed by atoms with Crippen molar-refractivity contribution >= 4 is 22.4 Å². The second-order valence-electron chi connectivity index (χ2n) is 2.58. The normalized spacial score (nSPS) is 11.3. The highest BCUT2D eigenvalue weighted by molar-refractivity contribution is 7.90. The molecule has 0 unspecified atom stereocenters. The Hall–Kier alpha value is -0.915. The van der Waals surface area contributed by atoms with Gasteiger partial charge in [0.2, 0.25) is 0 Å². The summed E-state index contributed by atoms with van der Waals surface area (Å²) < 4.78 is 21.9. The molecule has 0 aromatic carbocycles. The maximum absolute atomic E-state index is 10.9. The molecule has 0 fully saturated rings. The largest absolute Gasteiger partial charge is 0.490 e. The zero-order chi connectivity index (χ0) is 10.1. The van der Waals surface area contributed by atoms with Crippen LogP contribution in [-0.4, -0.2) is 36.8 Å². The second kappa shape index (κ2) is 3.45. The number of nitrogens with zero attached hydrogens (tertiary/aromatic N) is 1. The SMILES string of the molecule is CS(=O)(=O)c1ccc(B(O)O)cn1. The van der Waals surface area contributed by atoms with Gasteiger partial charge in [0.25, 0.3) is 0 Å². The van der Waals surface area contributed by atoms with Gasteiger partial charge in [-0.1, -0.05) is 6.07 Å². The van der Waals surface area contributed by atoms with E-state index in [0.29, 0.717) is 0 Å². The first kappa shape index (κ1) is 10.2. The Kier molecular flexibility index (Phi) is 2.70. The van der Waals surface area contributed by atoms with E-state index >= 15 is 0 Å². The summed E-state index contributed by atoms with van der Waals surface area (Å²) in [5.41, 5.74) is 0.160. The Morgan fingerprint density at radius 2 is 2.00 bits per heavy atom. The van der Waals surface area contributed by atoms with Gasteiger partial charge in [-0.25, -0.2) is 13.4 Å². The summed E-state index contributed by atoms with van der Waals surface area (Å²) in [7, 11) is -4.94. The molecule has 0 saturated heterocycles. The smallest absolute Gasteiger partial charge is 0.423 e. The fourth-order valence-corrected chi connectivity index (χ4v) is 1.32. The summed E-state index contributed by atoms with van der Waals surface area (Å²) >= 11 is 0. The lowest BCUT2D eigenvalue weighted by Gasteiger charge is -1.99. The zero-order valence-electron chi connectivity index (χ0n) is 6.88. The van der Waals surface area contributed by atoms with Crippen molar-refractivity contribution in [2.45, 2.75) is 5.03 Å². The first-order chi connectivity index (χ1) is 5.91. The average Bonchev–Trinajstić information content (AvgIpc) is 2.03. The summed E-state index contributed by atoms with van der Waals surface area (Å²) in [6.45, 7) is 0. The molecule has 0 aliphatic rings. The monoisotopic (exact) mass is 201 g/mol. The van der Waals surface area contributed by atoms with Crippen molar-refractivity contribution in [3.05, 3.63) is 18.3 Å². The van der Waals surface area contributed by atoms with Gasteiger partial charge < -0.3 is 10.0 Å². The van der Waals surface area contributed by atoms with Crippen LogP contribution in [0.2, 0.25) is 0 Å². The van der Waals surface area contributed by atoms with E-state index in [2.05, 4.69) is 4.98 Å². The van der Waals surface area contributed by atoms with E-state index in [1.54, 1.807) is 0 Å². The molecule has 7 heteroatoms. The minimum absolute atomic E-state index is 0.0862. The maximum Gasteiger partial charge on any atom is 0.490 e. The third-order valence-corrected chi connectivity index (χ3v) is 2.44. The van der Waals surface area contributed by atoms with Gasteiger partial charge in [-0.2, -0.15) is 0 Å². The molecule has 1 heterocycles. The lowest BCUT2D eigenvalue weighted by atomic mass is 9.82. The molecule has 0 aliphatic carbocycles. The zero-order valence-corrected chi connectivity index (χ0v) is 7.69. The van der Waals surface area contributed by atoms with Gasteiger partial charge in [-0.05, 0) is 6.07 Å². The van der Waals surface area contributed by atoms with E-state index in [-0.39, 0.29) is 10.5 Å². The molecule has 0 radical (unpaired) electrons. The third kappa shape index (κ3) is 2.51. The number of hydrogen-bond acceptors (Lipinski definition) is 5. The summed E-state index contributed by atoms with van der Waals surface area (Å²) in [5, 5.41) is 17.3. The van der Waals surface area contributed by atoms with Crippen LogP contribution in [0.3, 0.4) is 0 Å².